The Kier molecular flexibility index (Phi) is 3.45. The molecule has 23 heavy (non-hydrogen) atoms. The van der Waals surface area contributed by atoms with Gasteiger partial charge in [0.05, 0.1) is 0 Å². The summed E-state index contributed by atoms with van der Waals surface area (Å²) in [4.78, 5) is 0. The van der Waals surface area contributed by atoms with Crippen LogP contribution in [0, 0.1) is 34.0 Å². The molecular formula is C22H35N. The standard InChI is InChI=1S/C22H35N/c1-6-8-16-14-19(23-5)22-17-10-9-15(3)20(17,4)13-11-18(22)21(16,22)12-7-2/h6,16-19,23H,1,3,7-14H2,2,4-5H3. The monoisotopic (exact) mass is 313 g/mol. The number of hydrogen-bond acceptors (Lipinski definition) is 1. The fraction of sp³-hybridized carbons (Fsp3) is 0.818. The molecule has 4 rings (SSSR count). The first-order chi connectivity index (χ1) is 11.0. The summed E-state index contributed by atoms with van der Waals surface area (Å²) in [5.41, 5.74) is 3.16. The summed E-state index contributed by atoms with van der Waals surface area (Å²) < 4.78 is 0. The van der Waals surface area contributed by atoms with E-state index in [1.54, 1.807) is 5.57 Å². The zero-order chi connectivity index (χ0) is 16.5. The van der Waals surface area contributed by atoms with Gasteiger partial charge >= 0.3 is 0 Å². The lowest BCUT2D eigenvalue weighted by atomic mass is 9.60. The molecule has 4 fully saturated rings. The zero-order valence-electron chi connectivity index (χ0n) is 15.5. The second-order valence-electron chi connectivity index (χ2n) is 9.23. The van der Waals surface area contributed by atoms with E-state index in [1.807, 2.05) is 0 Å². The highest BCUT2D eigenvalue weighted by Crippen LogP contribution is 2.90. The van der Waals surface area contributed by atoms with Crippen LogP contribution in [-0.4, -0.2) is 13.1 Å². The summed E-state index contributed by atoms with van der Waals surface area (Å²) in [5, 5.41) is 3.80. The quantitative estimate of drug-likeness (QED) is 0.676. The van der Waals surface area contributed by atoms with Gasteiger partial charge in [-0.3, -0.25) is 0 Å². The lowest BCUT2D eigenvalue weighted by molar-refractivity contribution is 0.0685. The van der Waals surface area contributed by atoms with Crippen LogP contribution in [0.2, 0.25) is 0 Å². The third-order valence-corrected chi connectivity index (χ3v) is 9.05. The van der Waals surface area contributed by atoms with Crippen molar-refractivity contribution in [2.24, 2.45) is 34.0 Å². The van der Waals surface area contributed by atoms with Crippen molar-refractivity contribution in [3.05, 3.63) is 24.8 Å². The number of allylic oxidation sites excluding steroid dienone is 2. The second-order valence-corrected chi connectivity index (χ2v) is 9.23. The smallest absolute Gasteiger partial charge is 0.0135 e. The van der Waals surface area contributed by atoms with Gasteiger partial charge in [0.2, 0.25) is 0 Å². The van der Waals surface area contributed by atoms with Gasteiger partial charge < -0.3 is 5.32 Å². The van der Waals surface area contributed by atoms with Crippen molar-refractivity contribution in [1.82, 2.24) is 5.32 Å². The maximum Gasteiger partial charge on any atom is 0.0135 e. The molecule has 1 N–H and O–H groups in total. The van der Waals surface area contributed by atoms with E-state index in [-0.39, 0.29) is 0 Å². The minimum absolute atomic E-state index is 0.421. The van der Waals surface area contributed by atoms with E-state index in [9.17, 15) is 0 Å². The second kappa shape index (κ2) is 4.97. The third kappa shape index (κ3) is 1.54. The summed E-state index contributed by atoms with van der Waals surface area (Å²) in [5.74, 6) is 2.70. The van der Waals surface area contributed by atoms with E-state index in [2.05, 4.69) is 45.4 Å². The van der Waals surface area contributed by atoms with Crippen molar-refractivity contribution in [2.75, 3.05) is 7.05 Å². The summed E-state index contributed by atoms with van der Waals surface area (Å²) in [6.45, 7) is 13.6. The van der Waals surface area contributed by atoms with Crippen molar-refractivity contribution < 1.29 is 0 Å². The number of hydrogen-bond donors (Lipinski definition) is 1. The number of fused-ring (bicyclic) bond motifs is 2. The first kappa shape index (κ1) is 15.9. The largest absolute Gasteiger partial charge is 0.316 e. The van der Waals surface area contributed by atoms with Crippen molar-refractivity contribution in [3.63, 3.8) is 0 Å². The third-order valence-electron chi connectivity index (χ3n) is 9.05. The van der Waals surface area contributed by atoms with Crippen molar-refractivity contribution in [2.45, 2.75) is 71.3 Å². The molecule has 0 aliphatic heterocycles. The molecule has 1 heteroatoms. The SMILES string of the molecule is C=CCC1CC(NC)C23C4CCC(=C)C4(C)CCC2C13CCC. The molecule has 0 aromatic heterocycles. The van der Waals surface area contributed by atoms with Crippen LogP contribution in [0.25, 0.3) is 0 Å². The van der Waals surface area contributed by atoms with Crippen LogP contribution < -0.4 is 5.32 Å². The molecule has 0 saturated heterocycles. The van der Waals surface area contributed by atoms with Gasteiger partial charge in [0, 0.05) is 6.04 Å². The fourth-order valence-corrected chi connectivity index (χ4v) is 8.50. The Morgan fingerprint density at radius 2 is 2.09 bits per heavy atom. The molecule has 0 bridgehead atoms. The van der Waals surface area contributed by atoms with Gasteiger partial charge in [-0.2, -0.15) is 0 Å². The van der Waals surface area contributed by atoms with Gasteiger partial charge in [0.15, 0.2) is 0 Å². The molecule has 7 unspecified atom stereocenters. The summed E-state index contributed by atoms with van der Waals surface area (Å²) in [6, 6.07) is 0.722. The molecular weight excluding hydrogens is 278 g/mol. The molecule has 0 aromatic rings. The molecule has 0 heterocycles. The molecule has 4 aliphatic carbocycles. The molecule has 4 aliphatic rings. The zero-order valence-corrected chi connectivity index (χ0v) is 15.5. The van der Waals surface area contributed by atoms with E-state index in [0.29, 0.717) is 16.2 Å². The van der Waals surface area contributed by atoms with E-state index >= 15 is 0 Å². The van der Waals surface area contributed by atoms with Crippen LogP contribution in [0.1, 0.15) is 65.2 Å². The first-order valence-corrected chi connectivity index (χ1v) is 10.00. The highest BCUT2D eigenvalue weighted by molar-refractivity contribution is 5.39. The Morgan fingerprint density at radius 1 is 1.30 bits per heavy atom. The van der Waals surface area contributed by atoms with Gasteiger partial charge in [-0.05, 0) is 86.0 Å². The Morgan fingerprint density at radius 3 is 2.74 bits per heavy atom. The Balaban J connectivity index is 1.82. The average molecular weight is 314 g/mol. The van der Waals surface area contributed by atoms with Gasteiger partial charge in [0.25, 0.3) is 0 Å². The molecule has 1 nitrogen and oxygen atoms in total. The Bertz CT molecular complexity index is 536. The molecule has 128 valence electrons. The van der Waals surface area contributed by atoms with Gasteiger partial charge in [-0.15, -0.1) is 6.58 Å². The number of rotatable bonds is 5. The van der Waals surface area contributed by atoms with Crippen LogP contribution in [0.3, 0.4) is 0 Å². The van der Waals surface area contributed by atoms with E-state index < -0.39 is 0 Å². The minimum atomic E-state index is 0.421. The van der Waals surface area contributed by atoms with Gasteiger partial charge in [0.1, 0.15) is 0 Å². The van der Waals surface area contributed by atoms with E-state index in [4.69, 9.17) is 0 Å². The highest BCUT2D eigenvalue weighted by atomic mass is 15.0. The minimum Gasteiger partial charge on any atom is -0.316 e. The molecule has 7 atom stereocenters. The Hall–Kier alpha value is -0.560. The lowest BCUT2D eigenvalue weighted by Gasteiger charge is -2.45. The predicted octanol–water partition coefficient (Wildman–Crippen LogP) is 5.34. The van der Waals surface area contributed by atoms with Crippen molar-refractivity contribution in [3.8, 4) is 0 Å². The molecule has 0 amide bonds. The van der Waals surface area contributed by atoms with Crippen molar-refractivity contribution in [1.29, 1.82) is 0 Å². The van der Waals surface area contributed by atoms with Crippen LogP contribution in [0.4, 0.5) is 0 Å². The topological polar surface area (TPSA) is 12.0 Å². The van der Waals surface area contributed by atoms with Crippen molar-refractivity contribution >= 4 is 0 Å². The maximum absolute atomic E-state index is 4.51. The lowest BCUT2D eigenvalue weighted by Crippen LogP contribution is -2.46. The molecule has 1 spiro atoms. The summed E-state index contributed by atoms with van der Waals surface area (Å²) in [6.07, 6.45) is 13.1. The van der Waals surface area contributed by atoms with Crippen LogP contribution in [0.5, 0.6) is 0 Å². The first-order valence-electron chi connectivity index (χ1n) is 10.00. The Labute approximate surface area is 143 Å². The van der Waals surface area contributed by atoms with Crippen LogP contribution in [-0.2, 0) is 0 Å². The van der Waals surface area contributed by atoms with E-state index in [0.717, 1.165) is 23.8 Å². The van der Waals surface area contributed by atoms with Crippen LogP contribution >= 0.6 is 0 Å². The van der Waals surface area contributed by atoms with Gasteiger partial charge in [-0.25, -0.2) is 0 Å². The predicted molar refractivity (Wildman–Crippen MR) is 98.2 cm³/mol. The molecule has 4 saturated carbocycles. The van der Waals surface area contributed by atoms with Crippen LogP contribution in [0.15, 0.2) is 24.8 Å². The number of nitrogens with one attached hydrogen (secondary N) is 1. The fourth-order valence-electron chi connectivity index (χ4n) is 8.50. The normalized spacial score (nSPS) is 53.6. The molecule has 0 aromatic carbocycles. The summed E-state index contributed by atoms with van der Waals surface area (Å²) in [7, 11) is 2.22. The highest BCUT2D eigenvalue weighted by Gasteiger charge is 2.87. The summed E-state index contributed by atoms with van der Waals surface area (Å²) >= 11 is 0. The van der Waals surface area contributed by atoms with Gasteiger partial charge in [-0.1, -0.05) is 38.5 Å². The van der Waals surface area contributed by atoms with E-state index in [1.165, 1.54) is 51.4 Å². The average Bonchev–Trinajstić information content (AvgIpc) is 2.86. The maximum atomic E-state index is 4.51. The molecule has 0 radical (unpaired) electrons.